The highest BCUT2D eigenvalue weighted by atomic mass is 19.3. The van der Waals surface area contributed by atoms with E-state index in [2.05, 4.69) is 24.8 Å². The zero-order valence-electron chi connectivity index (χ0n) is 39.9. The summed E-state index contributed by atoms with van der Waals surface area (Å²) in [5, 5.41) is 8.34. The van der Waals surface area contributed by atoms with E-state index in [4.69, 9.17) is 14.6 Å². The molecule has 2 aromatic carbocycles. The Bertz CT molecular complexity index is 2860. The number of carbonyl (C=O) groups is 4. The van der Waals surface area contributed by atoms with E-state index in [0.29, 0.717) is 93.3 Å². The van der Waals surface area contributed by atoms with Gasteiger partial charge in [0.05, 0.1) is 30.9 Å². The number of likely N-dealkylation sites (tertiary alicyclic amines) is 1. The fraction of sp³-hybridized carbons (Fsp3) is 0.500. The van der Waals surface area contributed by atoms with Crippen molar-refractivity contribution in [3.8, 4) is 16.9 Å². The molecule has 0 saturated carbocycles. The molecule has 3 aromatic heterocycles. The fourth-order valence-electron chi connectivity index (χ4n) is 12.0. The minimum Gasteiger partial charge on any atom is -0.494 e. The molecule has 70 heavy (non-hydrogen) atoms. The first-order valence-electron chi connectivity index (χ1n) is 24.9. The molecule has 4 fully saturated rings. The molecule has 0 unspecified atom stereocenters. The Kier molecular flexibility index (Phi) is 12.2. The van der Waals surface area contributed by atoms with Gasteiger partial charge in [-0.25, -0.2) is 13.6 Å². The van der Waals surface area contributed by atoms with Crippen LogP contribution in [0.1, 0.15) is 93.1 Å². The molecule has 5 aromatic rings. The van der Waals surface area contributed by atoms with Crippen LogP contribution in [0, 0.1) is 5.41 Å². The smallest absolute Gasteiger partial charge is 0.328 e. The van der Waals surface area contributed by atoms with Crippen LogP contribution in [-0.4, -0.2) is 119 Å². The van der Waals surface area contributed by atoms with Crippen LogP contribution in [0.15, 0.2) is 55.0 Å². The van der Waals surface area contributed by atoms with Crippen molar-refractivity contribution in [2.75, 3.05) is 80.8 Å². The zero-order valence-corrected chi connectivity index (χ0v) is 39.9. The van der Waals surface area contributed by atoms with Crippen molar-refractivity contribution in [2.45, 2.75) is 96.7 Å². The molecule has 1 spiro atoms. The van der Waals surface area contributed by atoms with Crippen LogP contribution in [0.3, 0.4) is 0 Å². The van der Waals surface area contributed by atoms with Gasteiger partial charge in [-0.05, 0) is 98.2 Å². The Hall–Kier alpha value is -6.56. The van der Waals surface area contributed by atoms with Gasteiger partial charge in [-0.1, -0.05) is 0 Å². The number of aromatic nitrogens is 4. The Morgan fingerprint density at radius 2 is 1.67 bits per heavy atom. The van der Waals surface area contributed by atoms with Gasteiger partial charge in [0.15, 0.2) is 5.82 Å². The van der Waals surface area contributed by atoms with Gasteiger partial charge in [-0.15, -0.1) is 0 Å². The average molecular weight is 959 g/mol. The number of methoxy groups -OCH3 is 1. The maximum absolute atomic E-state index is 15.5. The molecule has 0 radical (unpaired) electrons. The van der Waals surface area contributed by atoms with Crippen LogP contribution in [0.2, 0.25) is 0 Å². The SMILES string of the molecule is COc1cc(N2CCC3(CCN(C(=O)Cn4cc(-c5cc6c(cc5C(F)F)N(c5nn(C7CCOCC7)c7c5CN(C(C)=O)CC7)CCC6)c5cnccc54)CC3)CC2)ccc1N1CCC(=O)NC1=O. The van der Waals surface area contributed by atoms with E-state index in [1.54, 1.807) is 32.5 Å². The average Bonchev–Trinajstić information content (AvgIpc) is 3.94. The number of benzene rings is 2. The monoisotopic (exact) mass is 958 g/mol. The largest absolute Gasteiger partial charge is 0.494 e. The first kappa shape index (κ1) is 45.9. The minimum atomic E-state index is -2.78. The highest BCUT2D eigenvalue weighted by Gasteiger charge is 2.40. The second-order valence-electron chi connectivity index (χ2n) is 19.9. The number of piperidine rings is 2. The first-order chi connectivity index (χ1) is 34.0. The predicted molar refractivity (Wildman–Crippen MR) is 260 cm³/mol. The standard InChI is InChI=1S/C52H60F2N10O6/c1-33(65)60-18-8-43-41(31-60)50(57-64(43)35-10-24-70-25-11-35)62-17-3-4-34-26-37(38(49(53)54)28-45(34)62)40-30-61(42-7-16-55-29-39(40)42)32-48(67)59-22-14-52(15-23-59)12-20-58(21-13-52)36-5-6-44(46(27-36)69-2)63-19-9-47(66)56-51(63)68/h5-7,16,26-30,35,49H,3-4,8-15,17-25,31-32H2,1-2H3,(H,56,66,68). The summed E-state index contributed by atoms with van der Waals surface area (Å²) in [5.41, 5.74) is 7.27. The second-order valence-corrected chi connectivity index (χ2v) is 19.9. The van der Waals surface area contributed by atoms with Crippen molar-refractivity contribution in [1.29, 1.82) is 0 Å². The van der Waals surface area contributed by atoms with Crippen molar-refractivity contribution in [3.05, 3.63) is 77.4 Å². The van der Waals surface area contributed by atoms with Crippen LogP contribution < -0.4 is 24.8 Å². The molecule has 6 aliphatic rings. The summed E-state index contributed by atoms with van der Waals surface area (Å²) >= 11 is 0. The Morgan fingerprint density at radius 3 is 2.41 bits per heavy atom. The number of imide groups is 1. The van der Waals surface area contributed by atoms with Crippen LogP contribution in [0.4, 0.5) is 36.5 Å². The van der Waals surface area contributed by atoms with Gasteiger partial charge >= 0.3 is 6.03 Å². The number of aryl methyl sites for hydroxylation is 1. The second kappa shape index (κ2) is 18.6. The highest BCUT2D eigenvalue weighted by Crippen LogP contribution is 2.47. The third kappa shape index (κ3) is 8.40. The van der Waals surface area contributed by atoms with Gasteiger partial charge in [0.2, 0.25) is 17.7 Å². The number of anilines is 4. The lowest BCUT2D eigenvalue weighted by Crippen LogP contribution is -2.49. The Morgan fingerprint density at radius 1 is 0.886 bits per heavy atom. The van der Waals surface area contributed by atoms with Crippen molar-refractivity contribution in [1.82, 2.24) is 34.4 Å². The Balaban J connectivity index is 0.800. The number of rotatable bonds is 9. The number of fused-ring (bicyclic) bond motifs is 3. The minimum absolute atomic E-state index is 0.00267. The molecule has 11 rings (SSSR count). The molecule has 16 nitrogen and oxygen atoms in total. The number of hydrogen-bond donors (Lipinski definition) is 1. The lowest BCUT2D eigenvalue weighted by molar-refractivity contribution is -0.134. The summed E-state index contributed by atoms with van der Waals surface area (Å²) in [5.74, 6) is 1.03. The molecule has 9 heterocycles. The van der Waals surface area contributed by atoms with Gasteiger partial charge in [-0.3, -0.25) is 34.3 Å². The lowest BCUT2D eigenvalue weighted by atomic mass is 9.71. The van der Waals surface area contributed by atoms with Crippen LogP contribution in [0.25, 0.3) is 22.0 Å². The number of pyridine rings is 1. The fourth-order valence-corrected chi connectivity index (χ4v) is 12.0. The summed E-state index contributed by atoms with van der Waals surface area (Å²) in [6.45, 7) is 7.95. The number of hydrogen-bond acceptors (Lipinski definition) is 10. The van der Waals surface area contributed by atoms with E-state index in [1.807, 2.05) is 50.9 Å². The molecule has 368 valence electrons. The van der Waals surface area contributed by atoms with Crippen LogP contribution >= 0.6 is 0 Å². The maximum atomic E-state index is 15.5. The van der Waals surface area contributed by atoms with Crippen LogP contribution in [0.5, 0.6) is 5.75 Å². The van der Waals surface area contributed by atoms with Gasteiger partial charge in [-0.2, -0.15) is 5.10 Å². The number of nitrogens with zero attached hydrogens (tertiary/aromatic N) is 9. The third-order valence-electron chi connectivity index (χ3n) is 16.1. The van der Waals surface area contributed by atoms with Gasteiger partial charge < -0.3 is 33.6 Å². The molecule has 0 bridgehead atoms. The van der Waals surface area contributed by atoms with Crippen molar-refractivity contribution >= 4 is 57.5 Å². The normalized spacial score (nSPS) is 19.8. The summed E-state index contributed by atoms with van der Waals surface area (Å²) in [4.78, 5) is 65.3. The Labute approximate surface area is 405 Å². The van der Waals surface area contributed by atoms with Gasteiger partial charge in [0.1, 0.15) is 12.3 Å². The van der Waals surface area contributed by atoms with Crippen molar-refractivity contribution in [2.24, 2.45) is 5.41 Å². The number of amides is 5. The summed E-state index contributed by atoms with van der Waals surface area (Å²) in [6, 6.07) is 11.0. The first-order valence-corrected chi connectivity index (χ1v) is 24.9. The van der Waals surface area contributed by atoms with Gasteiger partial charge in [0.25, 0.3) is 6.43 Å². The number of nitrogens with one attached hydrogen (secondary N) is 1. The number of halogens is 2. The highest BCUT2D eigenvalue weighted by molar-refractivity contribution is 6.06. The van der Waals surface area contributed by atoms with E-state index in [-0.39, 0.29) is 47.7 Å². The number of urea groups is 1. The topological polar surface area (TPSA) is 151 Å². The molecule has 0 atom stereocenters. The van der Waals surface area contributed by atoms with E-state index >= 15 is 8.78 Å². The predicted octanol–water partition coefficient (Wildman–Crippen LogP) is 7.54. The lowest BCUT2D eigenvalue weighted by Gasteiger charge is -2.47. The number of carbonyl (C=O) groups excluding carboxylic acids is 4. The van der Waals surface area contributed by atoms with Crippen LogP contribution in [-0.2, 0) is 45.1 Å². The molecule has 6 aliphatic heterocycles. The van der Waals surface area contributed by atoms with Crippen molar-refractivity contribution in [3.63, 3.8) is 0 Å². The zero-order chi connectivity index (χ0) is 48.3. The van der Waals surface area contributed by atoms with E-state index < -0.39 is 12.5 Å². The maximum Gasteiger partial charge on any atom is 0.328 e. The molecule has 0 aliphatic carbocycles. The quantitative estimate of drug-likeness (QED) is 0.157. The third-order valence-corrected chi connectivity index (χ3v) is 16.1. The van der Waals surface area contributed by atoms with E-state index in [0.717, 1.165) is 97.6 Å². The summed E-state index contributed by atoms with van der Waals surface area (Å²) < 4.78 is 46.5. The molecule has 4 saturated heterocycles. The van der Waals surface area contributed by atoms with E-state index in [9.17, 15) is 19.2 Å². The molecule has 5 amide bonds. The van der Waals surface area contributed by atoms with Crippen molar-refractivity contribution < 1.29 is 37.4 Å². The summed E-state index contributed by atoms with van der Waals surface area (Å²) in [7, 11) is 1.58. The molecular weight excluding hydrogens is 899 g/mol. The number of alkyl halides is 2. The van der Waals surface area contributed by atoms with E-state index in [1.165, 1.54) is 4.90 Å². The number of ether oxygens (including phenoxy) is 2. The molecular formula is C52H60F2N10O6. The molecule has 18 heteroatoms. The molecule has 1 N–H and O–H groups in total. The summed E-state index contributed by atoms with van der Waals surface area (Å²) in [6.07, 6.45) is 10.4. The van der Waals surface area contributed by atoms with Gasteiger partial charge in [0, 0.05) is 143 Å².